The van der Waals surface area contributed by atoms with Crippen LogP contribution >= 0.6 is 15.9 Å². The molecule has 0 radical (unpaired) electrons. The van der Waals surface area contributed by atoms with Gasteiger partial charge in [0.2, 0.25) is 0 Å². The number of nitrogen functional groups attached to an aromatic ring is 1. The van der Waals surface area contributed by atoms with Crippen LogP contribution in [0.1, 0.15) is 42.3 Å². The van der Waals surface area contributed by atoms with Gasteiger partial charge in [-0.15, -0.1) is 0 Å². The Balaban J connectivity index is 2.57. The van der Waals surface area contributed by atoms with Crippen LogP contribution in [0, 0.1) is 0 Å². The Morgan fingerprint density at radius 1 is 1.10 bits per heavy atom. The van der Waals surface area contributed by atoms with Crippen LogP contribution in [0.15, 0.2) is 46.9 Å². The minimum atomic E-state index is -0.0464. The smallest absolute Gasteiger partial charge is 0.195 e. The number of ketones is 1. The van der Waals surface area contributed by atoms with Crippen molar-refractivity contribution in [2.24, 2.45) is 0 Å². The van der Waals surface area contributed by atoms with Crippen LogP contribution in [0.25, 0.3) is 0 Å². The molecule has 3 heteroatoms. The number of rotatable bonds is 2. The van der Waals surface area contributed by atoms with E-state index in [9.17, 15) is 4.79 Å². The third-order valence-corrected chi connectivity index (χ3v) is 3.93. The highest BCUT2D eigenvalue weighted by Gasteiger charge is 2.20. The van der Waals surface area contributed by atoms with E-state index in [4.69, 9.17) is 5.73 Å². The summed E-state index contributed by atoms with van der Waals surface area (Å²) in [7, 11) is 0. The molecule has 2 nitrogen and oxygen atoms in total. The van der Waals surface area contributed by atoms with Crippen molar-refractivity contribution in [3.63, 3.8) is 0 Å². The molecule has 0 aliphatic heterocycles. The fraction of sp³-hybridized carbons (Fsp3) is 0.235. The van der Waals surface area contributed by atoms with Crippen molar-refractivity contribution in [3.8, 4) is 0 Å². The molecule has 0 atom stereocenters. The van der Waals surface area contributed by atoms with Crippen LogP contribution in [-0.4, -0.2) is 5.78 Å². The van der Waals surface area contributed by atoms with E-state index < -0.39 is 0 Å². The summed E-state index contributed by atoms with van der Waals surface area (Å²) in [5.74, 6) is -0.0464. The molecule has 0 amide bonds. The van der Waals surface area contributed by atoms with Gasteiger partial charge in [-0.05, 0) is 39.0 Å². The number of benzene rings is 2. The zero-order valence-corrected chi connectivity index (χ0v) is 13.5. The number of hydrogen-bond acceptors (Lipinski definition) is 2. The maximum Gasteiger partial charge on any atom is 0.195 e. The molecule has 0 aliphatic rings. The Bertz CT molecular complexity index is 642. The average Bonchev–Trinajstić information content (AvgIpc) is 2.40. The second-order valence-electron chi connectivity index (χ2n) is 5.86. The van der Waals surface area contributed by atoms with Gasteiger partial charge in [0.1, 0.15) is 0 Å². The molecule has 0 unspecified atom stereocenters. The Kier molecular flexibility index (Phi) is 4.00. The first-order valence-electron chi connectivity index (χ1n) is 6.50. The van der Waals surface area contributed by atoms with E-state index in [1.807, 2.05) is 30.3 Å². The van der Waals surface area contributed by atoms with Crippen LogP contribution in [0.4, 0.5) is 5.69 Å². The van der Waals surface area contributed by atoms with Crippen LogP contribution < -0.4 is 5.73 Å². The van der Waals surface area contributed by atoms with E-state index >= 15 is 0 Å². The summed E-state index contributed by atoms with van der Waals surface area (Å²) in [6, 6.07) is 13.1. The van der Waals surface area contributed by atoms with E-state index in [1.54, 1.807) is 12.1 Å². The lowest BCUT2D eigenvalue weighted by Crippen LogP contribution is -2.14. The number of nitrogens with two attached hydrogens (primary N) is 1. The summed E-state index contributed by atoms with van der Waals surface area (Å²) < 4.78 is 0.768. The van der Waals surface area contributed by atoms with Crippen molar-refractivity contribution < 1.29 is 4.79 Å². The fourth-order valence-electron chi connectivity index (χ4n) is 1.98. The molecule has 0 heterocycles. The van der Waals surface area contributed by atoms with Crippen LogP contribution in [0.2, 0.25) is 0 Å². The fourth-order valence-corrected chi connectivity index (χ4v) is 2.44. The van der Waals surface area contributed by atoms with Crippen molar-refractivity contribution in [1.29, 1.82) is 0 Å². The molecule has 0 fully saturated rings. The Hall–Kier alpha value is -1.61. The number of carbonyl (C=O) groups is 1. The molecule has 2 aromatic rings. The van der Waals surface area contributed by atoms with Crippen molar-refractivity contribution in [3.05, 3.63) is 63.6 Å². The van der Waals surface area contributed by atoms with Gasteiger partial charge in [-0.1, -0.05) is 51.1 Å². The Morgan fingerprint density at radius 2 is 1.70 bits per heavy atom. The Labute approximate surface area is 128 Å². The molecular weight excluding hydrogens is 314 g/mol. The van der Waals surface area contributed by atoms with E-state index in [-0.39, 0.29) is 11.2 Å². The first-order chi connectivity index (χ1) is 9.30. The molecular formula is C17H18BrNO. The van der Waals surface area contributed by atoms with Gasteiger partial charge in [0, 0.05) is 15.6 Å². The summed E-state index contributed by atoms with van der Waals surface area (Å²) in [6.45, 7) is 6.34. The lowest BCUT2D eigenvalue weighted by molar-refractivity contribution is 0.103. The van der Waals surface area contributed by atoms with Gasteiger partial charge in [0.25, 0.3) is 0 Å². The molecule has 0 saturated heterocycles. The molecule has 0 bridgehead atoms. The number of anilines is 1. The predicted molar refractivity (Wildman–Crippen MR) is 87.1 cm³/mol. The predicted octanol–water partition coefficient (Wildman–Crippen LogP) is 4.56. The Morgan fingerprint density at radius 3 is 2.25 bits per heavy atom. The van der Waals surface area contributed by atoms with Gasteiger partial charge in [0.15, 0.2) is 5.78 Å². The molecule has 0 aromatic heterocycles. The normalized spacial score (nSPS) is 11.4. The van der Waals surface area contributed by atoms with Gasteiger partial charge >= 0.3 is 0 Å². The lowest BCUT2D eigenvalue weighted by Gasteiger charge is -2.21. The first-order valence-corrected chi connectivity index (χ1v) is 7.29. The molecule has 0 aliphatic carbocycles. The van der Waals surface area contributed by atoms with Gasteiger partial charge in [-0.3, -0.25) is 4.79 Å². The summed E-state index contributed by atoms with van der Waals surface area (Å²) >= 11 is 3.45. The third-order valence-electron chi connectivity index (χ3n) is 3.28. The van der Waals surface area contributed by atoms with Crippen LogP contribution in [-0.2, 0) is 5.41 Å². The van der Waals surface area contributed by atoms with Crippen molar-refractivity contribution in [2.45, 2.75) is 26.2 Å². The number of carbonyl (C=O) groups excluding carboxylic acids is 1. The highest BCUT2D eigenvalue weighted by molar-refractivity contribution is 9.10. The summed E-state index contributed by atoms with van der Waals surface area (Å²) in [5.41, 5.74) is 8.80. The van der Waals surface area contributed by atoms with Crippen molar-refractivity contribution in [2.75, 3.05) is 5.73 Å². The minimum Gasteiger partial charge on any atom is -0.397 e. The van der Waals surface area contributed by atoms with Crippen molar-refractivity contribution in [1.82, 2.24) is 0 Å². The minimum absolute atomic E-state index is 0.0397. The van der Waals surface area contributed by atoms with Crippen molar-refractivity contribution >= 4 is 27.4 Å². The molecule has 0 spiro atoms. The van der Waals surface area contributed by atoms with Gasteiger partial charge in [-0.2, -0.15) is 0 Å². The van der Waals surface area contributed by atoms with E-state index in [2.05, 4.69) is 36.7 Å². The zero-order chi connectivity index (χ0) is 14.9. The quantitative estimate of drug-likeness (QED) is 0.647. The lowest BCUT2D eigenvalue weighted by atomic mass is 9.85. The summed E-state index contributed by atoms with van der Waals surface area (Å²) in [6.07, 6.45) is 0. The average molecular weight is 332 g/mol. The maximum atomic E-state index is 12.6. The maximum absolute atomic E-state index is 12.6. The standard InChI is InChI=1S/C17H18BrNO/c1-17(2,3)12-9-13(15(19)14(18)10-12)16(20)11-7-5-4-6-8-11/h4-10H,19H2,1-3H3. The highest BCUT2D eigenvalue weighted by Crippen LogP contribution is 2.32. The number of hydrogen-bond donors (Lipinski definition) is 1. The topological polar surface area (TPSA) is 43.1 Å². The summed E-state index contributed by atoms with van der Waals surface area (Å²) in [5, 5.41) is 0. The van der Waals surface area contributed by atoms with E-state index in [0.29, 0.717) is 16.8 Å². The first kappa shape index (κ1) is 14.8. The van der Waals surface area contributed by atoms with E-state index in [1.165, 1.54) is 0 Å². The highest BCUT2D eigenvalue weighted by atomic mass is 79.9. The number of halogens is 1. The van der Waals surface area contributed by atoms with Gasteiger partial charge in [0.05, 0.1) is 5.69 Å². The molecule has 2 N–H and O–H groups in total. The second kappa shape index (κ2) is 5.41. The largest absolute Gasteiger partial charge is 0.397 e. The molecule has 104 valence electrons. The molecule has 2 aromatic carbocycles. The zero-order valence-electron chi connectivity index (χ0n) is 11.9. The molecule has 20 heavy (non-hydrogen) atoms. The molecule has 2 rings (SSSR count). The second-order valence-corrected chi connectivity index (χ2v) is 6.72. The van der Waals surface area contributed by atoms with E-state index in [0.717, 1.165) is 10.0 Å². The van der Waals surface area contributed by atoms with Gasteiger partial charge in [-0.25, -0.2) is 0 Å². The third kappa shape index (κ3) is 2.93. The SMILES string of the molecule is CC(C)(C)c1cc(Br)c(N)c(C(=O)c2ccccc2)c1. The molecule has 0 saturated carbocycles. The van der Waals surface area contributed by atoms with Crippen LogP contribution in [0.3, 0.4) is 0 Å². The van der Waals surface area contributed by atoms with Gasteiger partial charge < -0.3 is 5.73 Å². The monoisotopic (exact) mass is 331 g/mol. The summed E-state index contributed by atoms with van der Waals surface area (Å²) in [4.78, 5) is 12.6. The van der Waals surface area contributed by atoms with Crippen LogP contribution in [0.5, 0.6) is 0 Å².